The van der Waals surface area contributed by atoms with Gasteiger partial charge in [0.1, 0.15) is 11.5 Å². The maximum Gasteiger partial charge on any atom is 0.249 e. The van der Waals surface area contributed by atoms with Gasteiger partial charge in [-0.25, -0.2) is 0 Å². The number of imide groups is 1. The Morgan fingerprint density at radius 3 is 2.45 bits per heavy atom. The Hall–Kier alpha value is -1.90. The first-order valence-corrected chi connectivity index (χ1v) is 7.13. The molecule has 0 radical (unpaired) electrons. The quantitative estimate of drug-likeness (QED) is 0.575. The van der Waals surface area contributed by atoms with E-state index in [4.69, 9.17) is 0 Å². The summed E-state index contributed by atoms with van der Waals surface area (Å²) in [6.07, 6.45) is 5.40. The molecule has 108 valence electrons. The Balaban J connectivity index is 2.04. The van der Waals surface area contributed by atoms with Crippen LogP contribution in [0.1, 0.15) is 51.4 Å². The number of carbonyl (C=O) groups is 3. The van der Waals surface area contributed by atoms with Crippen molar-refractivity contribution in [3.63, 3.8) is 0 Å². The van der Waals surface area contributed by atoms with E-state index in [-0.39, 0.29) is 18.2 Å². The Labute approximate surface area is 117 Å². The molecule has 20 heavy (non-hydrogen) atoms. The maximum atomic E-state index is 12.4. The van der Waals surface area contributed by atoms with E-state index in [1.54, 1.807) is 0 Å². The number of hydrogen-bond acceptors (Lipinski definition) is 4. The van der Waals surface area contributed by atoms with Crippen molar-refractivity contribution in [2.24, 2.45) is 5.41 Å². The van der Waals surface area contributed by atoms with Crippen LogP contribution in [0.5, 0.6) is 0 Å². The van der Waals surface area contributed by atoms with Gasteiger partial charge >= 0.3 is 0 Å². The zero-order valence-corrected chi connectivity index (χ0v) is 11.4. The van der Waals surface area contributed by atoms with Crippen LogP contribution in [0.25, 0.3) is 0 Å². The smallest absolute Gasteiger partial charge is 0.249 e. The van der Waals surface area contributed by atoms with Crippen molar-refractivity contribution >= 4 is 17.7 Å². The lowest BCUT2D eigenvalue weighted by atomic mass is 9.80. The largest absolute Gasteiger partial charge is 0.343 e. The summed E-state index contributed by atoms with van der Waals surface area (Å²) in [4.78, 5) is 35.1. The Kier molecular flexibility index (Phi) is 4.38. The zero-order valence-electron chi connectivity index (χ0n) is 11.4. The van der Waals surface area contributed by atoms with Crippen molar-refractivity contribution in [3.8, 4) is 6.07 Å². The van der Waals surface area contributed by atoms with Crippen molar-refractivity contribution in [2.75, 3.05) is 0 Å². The molecule has 1 aliphatic carbocycles. The topological polar surface area (TPSA) is 99.1 Å². The predicted molar refractivity (Wildman–Crippen MR) is 70.1 cm³/mol. The molecular formula is C14H19N3O3. The summed E-state index contributed by atoms with van der Waals surface area (Å²) in [7, 11) is 0. The molecule has 1 heterocycles. The molecular weight excluding hydrogens is 258 g/mol. The molecule has 0 spiro atoms. The van der Waals surface area contributed by atoms with Crippen LogP contribution in [-0.4, -0.2) is 23.8 Å². The summed E-state index contributed by atoms with van der Waals surface area (Å²) in [6.45, 7) is 0. The molecule has 1 saturated heterocycles. The van der Waals surface area contributed by atoms with Gasteiger partial charge in [0.15, 0.2) is 0 Å². The third-order valence-electron chi connectivity index (χ3n) is 4.15. The van der Waals surface area contributed by atoms with Crippen molar-refractivity contribution in [1.29, 1.82) is 5.26 Å². The van der Waals surface area contributed by atoms with Crippen LogP contribution >= 0.6 is 0 Å². The molecule has 1 aliphatic heterocycles. The summed E-state index contributed by atoms with van der Waals surface area (Å²) < 4.78 is 0. The maximum absolute atomic E-state index is 12.4. The van der Waals surface area contributed by atoms with Crippen LogP contribution in [0, 0.1) is 16.7 Å². The van der Waals surface area contributed by atoms with E-state index in [2.05, 4.69) is 16.7 Å². The lowest BCUT2D eigenvalue weighted by molar-refractivity contribution is -0.139. The highest BCUT2D eigenvalue weighted by Gasteiger charge is 2.41. The van der Waals surface area contributed by atoms with Gasteiger partial charge < -0.3 is 5.32 Å². The van der Waals surface area contributed by atoms with Crippen LogP contribution in [0.3, 0.4) is 0 Å². The minimum atomic E-state index is -1.02. The second-order valence-corrected chi connectivity index (χ2v) is 5.59. The summed E-state index contributed by atoms with van der Waals surface area (Å²) in [5.41, 5.74) is -1.02. The van der Waals surface area contributed by atoms with Crippen LogP contribution in [0.4, 0.5) is 0 Å². The van der Waals surface area contributed by atoms with Crippen LogP contribution in [-0.2, 0) is 14.4 Å². The van der Waals surface area contributed by atoms with Gasteiger partial charge in [0.2, 0.25) is 17.7 Å². The van der Waals surface area contributed by atoms with E-state index in [0.29, 0.717) is 19.3 Å². The fourth-order valence-corrected chi connectivity index (χ4v) is 2.85. The van der Waals surface area contributed by atoms with Gasteiger partial charge in [-0.3, -0.25) is 19.7 Å². The van der Waals surface area contributed by atoms with Gasteiger partial charge in [0.05, 0.1) is 6.07 Å². The first-order chi connectivity index (χ1) is 9.57. The molecule has 6 heteroatoms. The Bertz CT molecular complexity index is 459. The van der Waals surface area contributed by atoms with Gasteiger partial charge in [-0.1, -0.05) is 25.7 Å². The van der Waals surface area contributed by atoms with Gasteiger partial charge in [0, 0.05) is 6.42 Å². The first kappa shape index (κ1) is 14.5. The molecule has 1 atom stereocenters. The highest BCUT2D eigenvalue weighted by molar-refractivity contribution is 6.02. The normalized spacial score (nSPS) is 26.1. The molecule has 0 bridgehead atoms. The van der Waals surface area contributed by atoms with Crippen molar-refractivity contribution in [3.05, 3.63) is 0 Å². The molecule has 6 nitrogen and oxygen atoms in total. The molecule has 1 saturated carbocycles. The van der Waals surface area contributed by atoms with Gasteiger partial charge in [0.25, 0.3) is 0 Å². The number of nitriles is 1. The van der Waals surface area contributed by atoms with Crippen LogP contribution in [0.15, 0.2) is 0 Å². The summed E-state index contributed by atoms with van der Waals surface area (Å²) >= 11 is 0. The van der Waals surface area contributed by atoms with E-state index in [0.717, 1.165) is 25.7 Å². The third-order valence-corrected chi connectivity index (χ3v) is 4.15. The van der Waals surface area contributed by atoms with Crippen molar-refractivity contribution in [2.45, 2.75) is 57.4 Å². The molecule has 2 fully saturated rings. The summed E-state index contributed by atoms with van der Waals surface area (Å²) in [6, 6.07) is 1.46. The minimum absolute atomic E-state index is 0.218. The minimum Gasteiger partial charge on any atom is -0.343 e. The molecule has 0 aromatic heterocycles. The van der Waals surface area contributed by atoms with Gasteiger partial charge in [-0.15, -0.1) is 0 Å². The zero-order chi connectivity index (χ0) is 14.6. The number of nitrogens with one attached hydrogen (secondary N) is 2. The molecule has 1 unspecified atom stereocenters. The van der Waals surface area contributed by atoms with E-state index in [9.17, 15) is 19.6 Å². The number of hydrogen-bond donors (Lipinski definition) is 2. The van der Waals surface area contributed by atoms with E-state index in [1.165, 1.54) is 0 Å². The molecule has 2 aliphatic rings. The number of piperidine rings is 1. The van der Waals surface area contributed by atoms with E-state index in [1.807, 2.05) is 0 Å². The second kappa shape index (κ2) is 6.04. The van der Waals surface area contributed by atoms with Crippen molar-refractivity contribution in [1.82, 2.24) is 10.6 Å². The third kappa shape index (κ3) is 2.98. The number of carbonyl (C=O) groups excluding carboxylic acids is 3. The van der Waals surface area contributed by atoms with Crippen LogP contribution in [0.2, 0.25) is 0 Å². The van der Waals surface area contributed by atoms with Gasteiger partial charge in [-0.05, 0) is 19.3 Å². The number of amides is 3. The molecule has 2 N–H and O–H groups in total. The Morgan fingerprint density at radius 2 is 1.90 bits per heavy atom. The van der Waals surface area contributed by atoms with E-state index < -0.39 is 17.4 Å². The SMILES string of the molecule is N#CC1(C(=O)NC2CCC(=O)NC2=O)CCCCCC1. The lowest BCUT2D eigenvalue weighted by Crippen LogP contribution is -2.55. The molecule has 2 rings (SSSR count). The highest BCUT2D eigenvalue weighted by Crippen LogP contribution is 2.34. The fraction of sp³-hybridized carbons (Fsp3) is 0.714. The predicted octanol–water partition coefficient (Wildman–Crippen LogP) is 0.772. The summed E-state index contributed by atoms with van der Waals surface area (Å²) in [5.74, 6) is -1.15. The second-order valence-electron chi connectivity index (χ2n) is 5.59. The molecule has 0 aromatic rings. The van der Waals surface area contributed by atoms with Gasteiger partial charge in [-0.2, -0.15) is 5.26 Å². The fourth-order valence-electron chi connectivity index (χ4n) is 2.85. The Morgan fingerprint density at radius 1 is 1.25 bits per heavy atom. The van der Waals surface area contributed by atoms with E-state index >= 15 is 0 Å². The monoisotopic (exact) mass is 277 g/mol. The molecule has 0 aromatic carbocycles. The average Bonchev–Trinajstić information content (AvgIpc) is 2.68. The highest BCUT2D eigenvalue weighted by atomic mass is 16.2. The lowest BCUT2D eigenvalue weighted by Gasteiger charge is -2.28. The number of rotatable bonds is 2. The summed E-state index contributed by atoms with van der Waals surface area (Å²) in [5, 5.41) is 14.3. The van der Waals surface area contributed by atoms with Crippen LogP contribution < -0.4 is 10.6 Å². The standard InChI is InChI=1S/C14H19N3O3/c15-9-14(7-3-1-2-4-8-14)13(20)16-10-5-6-11(18)17-12(10)19/h10H,1-8H2,(H,16,20)(H,17,18,19). The molecule has 3 amide bonds. The number of nitrogens with zero attached hydrogens (tertiary/aromatic N) is 1. The average molecular weight is 277 g/mol. The first-order valence-electron chi connectivity index (χ1n) is 7.13. The van der Waals surface area contributed by atoms with Crippen molar-refractivity contribution < 1.29 is 14.4 Å².